The molecule has 5 nitrogen and oxygen atoms in total. The first-order valence-electron chi connectivity index (χ1n) is 6.78. The molecule has 0 saturated heterocycles. The van der Waals surface area contributed by atoms with E-state index < -0.39 is 11.9 Å². The predicted octanol–water partition coefficient (Wildman–Crippen LogP) is 3.21. The molecule has 0 aromatic heterocycles. The highest BCUT2D eigenvalue weighted by Gasteiger charge is 2.29. The number of halogens is 2. The number of nitrogens with two attached hydrogens (primary N) is 1. The van der Waals surface area contributed by atoms with Crippen molar-refractivity contribution in [3.05, 3.63) is 57.6 Å². The highest BCUT2D eigenvalue weighted by molar-refractivity contribution is 6.36. The van der Waals surface area contributed by atoms with Crippen molar-refractivity contribution in [1.29, 1.82) is 0 Å². The van der Waals surface area contributed by atoms with E-state index in [-0.39, 0.29) is 12.4 Å². The molecule has 1 aliphatic rings. The van der Waals surface area contributed by atoms with Crippen LogP contribution in [0.15, 0.2) is 36.4 Å². The van der Waals surface area contributed by atoms with Crippen LogP contribution in [0.2, 0.25) is 10.0 Å². The van der Waals surface area contributed by atoms with E-state index in [0.29, 0.717) is 32.6 Å². The Kier molecular flexibility index (Phi) is 4.15. The van der Waals surface area contributed by atoms with Crippen LogP contribution in [0, 0.1) is 0 Å². The number of ketones is 1. The number of hydrogen-bond donors (Lipinski definition) is 2. The Balaban J connectivity index is 2.05. The molecule has 1 aliphatic heterocycles. The number of benzene rings is 2. The van der Waals surface area contributed by atoms with Crippen molar-refractivity contribution in [3.63, 3.8) is 0 Å². The molecule has 2 aromatic carbocycles. The van der Waals surface area contributed by atoms with Crippen LogP contribution >= 0.6 is 23.2 Å². The zero-order chi connectivity index (χ0) is 16.6. The van der Waals surface area contributed by atoms with E-state index in [4.69, 9.17) is 33.7 Å². The van der Waals surface area contributed by atoms with Gasteiger partial charge in [-0.1, -0.05) is 35.3 Å². The summed E-state index contributed by atoms with van der Waals surface area (Å²) >= 11 is 12.3. The van der Waals surface area contributed by atoms with Crippen molar-refractivity contribution in [1.82, 2.24) is 0 Å². The van der Waals surface area contributed by atoms with Crippen LogP contribution in [0.3, 0.4) is 0 Å². The van der Waals surface area contributed by atoms with E-state index in [1.165, 1.54) is 0 Å². The third-order valence-corrected chi connectivity index (χ3v) is 4.20. The van der Waals surface area contributed by atoms with Crippen LogP contribution in [0.25, 0.3) is 0 Å². The molecular formula is C16H12Cl2N2O3. The minimum atomic E-state index is -0.976. The van der Waals surface area contributed by atoms with Crippen molar-refractivity contribution in [2.75, 3.05) is 11.9 Å². The summed E-state index contributed by atoms with van der Waals surface area (Å²) in [6, 6.07) is 9.00. The molecule has 3 rings (SSSR count). The van der Waals surface area contributed by atoms with Gasteiger partial charge in [-0.3, -0.25) is 9.59 Å². The molecule has 1 heterocycles. The maximum Gasteiger partial charge on any atom is 0.244 e. The second kappa shape index (κ2) is 6.10. The Hall–Kier alpha value is -2.24. The van der Waals surface area contributed by atoms with Gasteiger partial charge in [-0.2, -0.15) is 0 Å². The fraction of sp³-hybridized carbons (Fsp3) is 0.125. The van der Waals surface area contributed by atoms with Gasteiger partial charge in [0.1, 0.15) is 11.8 Å². The summed E-state index contributed by atoms with van der Waals surface area (Å²) in [5, 5.41) is 3.58. The van der Waals surface area contributed by atoms with E-state index in [2.05, 4.69) is 5.32 Å². The van der Waals surface area contributed by atoms with E-state index >= 15 is 0 Å². The molecule has 2 aromatic rings. The molecule has 1 atom stereocenters. The number of carbonyl (C=O) groups excluding carboxylic acids is 2. The Morgan fingerprint density at radius 2 is 1.83 bits per heavy atom. The summed E-state index contributed by atoms with van der Waals surface area (Å²) in [7, 11) is 0. The highest BCUT2D eigenvalue weighted by atomic mass is 35.5. The fourth-order valence-corrected chi connectivity index (χ4v) is 3.12. The lowest BCUT2D eigenvalue weighted by Gasteiger charge is -2.20. The Morgan fingerprint density at radius 3 is 2.48 bits per heavy atom. The van der Waals surface area contributed by atoms with Crippen molar-refractivity contribution in [2.45, 2.75) is 6.04 Å². The summed E-state index contributed by atoms with van der Waals surface area (Å²) < 4.78 is 5.29. The topological polar surface area (TPSA) is 81.4 Å². The van der Waals surface area contributed by atoms with Gasteiger partial charge in [0.25, 0.3) is 0 Å². The molecule has 0 bridgehead atoms. The minimum absolute atomic E-state index is 0.0257. The molecule has 1 amide bonds. The number of rotatable bonds is 4. The van der Waals surface area contributed by atoms with Gasteiger partial charge < -0.3 is 15.8 Å². The number of Topliss-reactive ketones (excluding diaryl/α,β-unsaturated/α-hetero) is 1. The van der Waals surface area contributed by atoms with E-state index in [1.54, 1.807) is 36.4 Å². The fourth-order valence-electron chi connectivity index (χ4n) is 2.50. The zero-order valence-electron chi connectivity index (χ0n) is 11.8. The molecule has 0 spiro atoms. The molecule has 3 N–H and O–H groups in total. The SMILES string of the molecule is NC(=O)C(Nc1cccc2c1C(=O)CO2)c1c(Cl)cccc1Cl. The Labute approximate surface area is 142 Å². The quantitative estimate of drug-likeness (QED) is 0.886. The van der Waals surface area contributed by atoms with Crippen molar-refractivity contribution in [3.8, 4) is 5.75 Å². The standard InChI is InChI=1S/C16H12Cl2N2O3/c17-8-3-1-4-9(18)13(8)15(16(19)22)20-10-5-2-6-12-14(10)11(21)7-23-12/h1-6,15,20H,7H2,(H2,19,22). The highest BCUT2D eigenvalue weighted by Crippen LogP contribution is 2.36. The second-order valence-corrected chi connectivity index (χ2v) is 5.82. The maximum absolute atomic E-state index is 12.0. The second-order valence-electron chi connectivity index (χ2n) is 5.01. The summed E-state index contributed by atoms with van der Waals surface area (Å²) in [5.41, 5.74) is 6.71. The van der Waals surface area contributed by atoms with Crippen LogP contribution in [-0.4, -0.2) is 18.3 Å². The van der Waals surface area contributed by atoms with E-state index in [0.717, 1.165) is 0 Å². The van der Waals surface area contributed by atoms with Crippen molar-refractivity contribution < 1.29 is 14.3 Å². The molecular weight excluding hydrogens is 339 g/mol. The lowest BCUT2D eigenvalue weighted by Crippen LogP contribution is -2.28. The Morgan fingerprint density at radius 1 is 1.17 bits per heavy atom. The summed E-state index contributed by atoms with van der Waals surface area (Å²) in [5.74, 6) is -0.367. The molecule has 0 aliphatic carbocycles. The first kappa shape index (κ1) is 15.6. The van der Waals surface area contributed by atoms with Gasteiger partial charge in [-0.15, -0.1) is 0 Å². The smallest absolute Gasteiger partial charge is 0.244 e. The summed E-state index contributed by atoms with van der Waals surface area (Å²) in [6.45, 7) is -0.0257. The van der Waals surface area contributed by atoms with Crippen LogP contribution in [0.5, 0.6) is 5.75 Å². The lowest BCUT2D eigenvalue weighted by molar-refractivity contribution is -0.118. The molecule has 1 unspecified atom stereocenters. The maximum atomic E-state index is 12.0. The number of anilines is 1. The van der Waals surface area contributed by atoms with E-state index in [9.17, 15) is 9.59 Å². The molecule has 7 heteroatoms. The van der Waals surface area contributed by atoms with Crippen LogP contribution in [0.1, 0.15) is 22.0 Å². The third kappa shape index (κ3) is 2.85. The van der Waals surface area contributed by atoms with Gasteiger partial charge in [0.2, 0.25) is 11.7 Å². The molecule has 118 valence electrons. The van der Waals surface area contributed by atoms with Gasteiger partial charge in [0.05, 0.1) is 5.56 Å². The average molecular weight is 351 g/mol. The monoisotopic (exact) mass is 350 g/mol. The van der Waals surface area contributed by atoms with Gasteiger partial charge in [0.15, 0.2) is 6.61 Å². The molecule has 0 radical (unpaired) electrons. The van der Waals surface area contributed by atoms with E-state index in [1.807, 2.05) is 0 Å². The number of primary amides is 1. The third-order valence-electron chi connectivity index (χ3n) is 3.54. The van der Waals surface area contributed by atoms with Crippen LogP contribution < -0.4 is 15.8 Å². The van der Waals surface area contributed by atoms with Gasteiger partial charge in [-0.25, -0.2) is 0 Å². The first-order chi connectivity index (χ1) is 11.0. The molecule has 23 heavy (non-hydrogen) atoms. The number of amides is 1. The zero-order valence-corrected chi connectivity index (χ0v) is 13.3. The van der Waals surface area contributed by atoms with Crippen molar-refractivity contribution >= 4 is 40.6 Å². The van der Waals surface area contributed by atoms with Crippen LogP contribution in [0.4, 0.5) is 5.69 Å². The lowest BCUT2D eigenvalue weighted by atomic mass is 10.0. The number of carbonyl (C=O) groups is 2. The Bertz CT molecular complexity index is 788. The number of nitrogens with one attached hydrogen (secondary N) is 1. The molecule has 0 fully saturated rings. The predicted molar refractivity (Wildman–Crippen MR) is 88.3 cm³/mol. The largest absolute Gasteiger partial charge is 0.485 e. The summed E-state index contributed by atoms with van der Waals surface area (Å²) in [6.07, 6.45) is 0. The van der Waals surface area contributed by atoms with Crippen molar-refractivity contribution in [2.24, 2.45) is 5.73 Å². The number of fused-ring (bicyclic) bond motifs is 1. The van der Waals surface area contributed by atoms with Gasteiger partial charge in [0, 0.05) is 21.3 Å². The molecule has 0 saturated carbocycles. The normalized spacial score (nSPS) is 14.1. The van der Waals surface area contributed by atoms with Gasteiger partial charge in [-0.05, 0) is 24.3 Å². The minimum Gasteiger partial charge on any atom is -0.485 e. The first-order valence-corrected chi connectivity index (χ1v) is 7.53. The van der Waals surface area contributed by atoms with Crippen LogP contribution in [-0.2, 0) is 4.79 Å². The number of ether oxygens (including phenoxy) is 1. The average Bonchev–Trinajstić information content (AvgIpc) is 2.88. The number of hydrogen-bond acceptors (Lipinski definition) is 4. The summed E-state index contributed by atoms with van der Waals surface area (Å²) in [4.78, 5) is 23.9. The van der Waals surface area contributed by atoms with Gasteiger partial charge >= 0.3 is 0 Å².